The van der Waals surface area contributed by atoms with Crippen molar-refractivity contribution in [3.8, 4) is 20.9 Å². The van der Waals surface area contributed by atoms with E-state index in [4.69, 9.17) is 0 Å². The number of hydrogen-bond acceptors (Lipinski definition) is 3. The topological polar surface area (TPSA) is 0 Å². The van der Waals surface area contributed by atoms with Crippen LogP contribution in [0.15, 0.2) is 66.7 Å². The Morgan fingerprint density at radius 3 is 1.51 bits per heavy atom. The van der Waals surface area contributed by atoms with Gasteiger partial charge in [0.1, 0.15) is 0 Å². The number of thiophene rings is 2. The van der Waals surface area contributed by atoms with Crippen molar-refractivity contribution in [2.45, 2.75) is 37.4 Å². The van der Waals surface area contributed by atoms with Gasteiger partial charge in [-0.25, -0.2) is 0 Å². The zero-order valence-corrected chi connectivity index (χ0v) is 22.1. The Morgan fingerprint density at radius 2 is 1.08 bits per heavy atom. The van der Waals surface area contributed by atoms with E-state index in [2.05, 4.69) is 12.6 Å². The van der Waals surface area contributed by atoms with Crippen molar-refractivity contribution in [1.82, 2.24) is 0 Å². The van der Waals surface area contributed by atoms with Gasteiger partial charge in [-0.05, 0) is 53.8 Å². The lowest BCUT2D eigenvalue weighted by Gasteiger charge is -2.25. The van der Waals surface area contributed by atoms with E-state index in [9.17, 15) is 8.78 Å². The molecule has 0 N–H and O–H groups in total. The highest BCUT2D eigenvalue weighted by Crippen LogP contribution is 2.66. The fraction of sp³-hybridized carbons (Fsp3) is 0.214. The average Bonchev–Trinajstić information content (AvgIpc) is 3.47. The van der Waals surface area contributed by atoms with Crippen LogP contribution in [0.4, 0.5) is 26.3 Å². The first kappa shape index (κ1) is 26.1. The number of benzene rings is 2. The van der Waals surface area contributed by atoms with Crippen LogP contribution in [0.5, 0.6) is 0 Å². The summed E-state index contributed by atoms with van der Waals surface area (Å²) in [7, 11) is 0. The molecule has 0 saturated carbocycles. The number of allylic oxidation sites excluding steroid dienone is 2. The van der Waals surface area contributed by atoms with Crippen LogP contribution in [-0.2, 0) is 5.75 Å². The molecule has 192 valence electrons. The highest BCUT2D eigenvalue weighted by molar-refractivity contribution is 7.79. The molecule has 2 heterocycles. The van der Waals surface area contributed by atoms with Crippen LogP contribution in [0.25, 0.3) is 32.0 Å². The first-order valence-corrected chi connectivity index (χ1v) is 13.5. The molecular weight excluding hydrogens is 546 g/mol. The van der Waals surface area contributed by atoms with Crippen LogP contribution in [0, 0.1) is 13.8 Å². The second kappa shape index (κ2) is 9.06. The Balaban J connectivity index is 1.75. The Labute approximate surface area is 223 Å². The van der Waals surface area contributed by atoms with Crippen LogP contribution in [-0.4, -0.2) is 17.8 Å². The quantitative estimate of drug-likeness (QED) is 0.180. The minimum absolute atomic E-state index is 0.255. The van der Waals surface area contributed by atoms with Crippen molar-refractivity contribution >= 4 is 46.4 Å². The lowest BCUT2D eigenvalue weighted by molar-refractivity contribution is -0.254. The second-order valence-corrected chi connectivity index (χ2v) is 11.7. The van der Waals surface area contributed by atoms with Gasteiger partial charge in [0.15, 0.2) is 0 Å². The number of thiol groups is 1. The maximum atomic E-state index is 15.4. The number of rotatable bonds is 5. The summed E-state index contributed by atoms with van der Waals surface area (Å²) in [5, 5.41) is 0. The van der Waals surface area contributed by atoms with Crippen LogP contribution in [0.3, 0.4) is 0 Å². The van der Waals surface area contributed by atoms with Crippen LogP contribution < -0.4 is 0 Å². The smallest absolute Gasteiger partial charge is 0.194 e. The predicted octanol–water partition coefficient (Wildman–Crippen LogP) is 10.0. The van der Waals surface area contributed by atoms with Crippen LogP contribution in [0.2, 0.25) is 0 Å². The third-order valence-corrected chi connectivity index (χ3v) is 9.08. The molecule has 2 aromatic carbocycles. The second-order valence-electron chi connectivity index (χ2n) is 8.86. The standard InChI is InChI=1S/C28H20F6S3/c1-15-20(12-22(36-15)18-6-4-3-5-7-18)24-25(27(31,32)28(33,34)26(24,29)30)21-13-23(37-16(21)2)19-10-8-17(14-35)9-11-19/h3-13,35H,14H2,1-2H3. The molecule has 1 aliphatic carbocycles. The van der Waals surface area contributed by atoms with Crippen molar-refractivity contribution in [2.75, 3.05) is 0 Å². The number of hydrogen-bond donors (Lipinski definition) is 1. The zero-order valence-electron chi connectivity index (χ0n) is 19.6. The predicted molar refractivity (Wildman–Crippen MR) is 143 cm³/mol. The molecule has 0 bridgehead atoms. The van der Waals surface area contributed by atoms with E-state index in [1.54, 1.807) is 42.5 Å². The SMILES string of the molecule is Cc1sc(-c2ccccc2)cc1C1=C(c2cc(-c3ccc(CS)cc3)sc2C)C(F)(F)C(F)(F)C1(F)F. The molecular formula is C28H20F6S3. The molecule has 0 spiro atoms. The minimum atomic E-state index is -5.59. The molecule has 0 unspecified atom stereocenters. The molecule has 4 aromatic rings. The fourth-order valence-corrected chi connectivity index (χ4v) is 6.83. The molecule has 9 heteroatoms. The van der Waals surface area contributed by atoms with Gasteiger partial charge in [0.05, 0.1) is 0 Å². The molecule has 1 aliphatic rings. The molecule has 0 aliphatic heterocycles. The Bertz CT molecular complexity index is 1490. The highest BCUT2D eigenvalue weighted by atomic mass is 32.1. The molecule has 0 fully saturated rings. The summed E-state index contributed by atoms with van der Waals surface area (Å²) in [6, 6.07) is 18.6. The van der Waals surface area contributed by atoms with Gasteiger partial charge < -0.3 is 0 Å². The summed E-state index contributed by atoms with van der Waals surface area (Å²) in [5.74, 6) is -15.2. The molecule has 0 radical (unpaired) electrons. The van der Waals surface area contributed by atoms with Crippen molar-refractivity contribution in [1.29, 1.82) is 0 Å². The maximum absolute atomic E-state index is 15.4. The Morgan fingerprint density at radius 1 is 0.649 bits per heavy atom. The van der Waals surface area contributed by atoms with Gasteiger partial charge in [-0.15, -0.1) is 22.7 Å². The van der Waals surface area contributed by atoms with Crippen molar-refractivity contribution in [3.05, 3.63) is 93.2 Å². The van der Waals surface area contributed by atoms with Gasteiger partial charge in [0, 0.05) is 36.4 Å². The summed E-state index contributed by atoms with van der Waals surface area (Å²) in [4.78, 5) is 1.56. The van der Waals surface area contributed by atoms with Gasteiger partial charge in [-0.3, -0.25) is 0 Å². The lowest BCUT2D eigenvalue weighted by atomic mass is 9.94. The van der Waals surface area contributed by atoms with Gasteiger partial charge in [-0.2, -0.15) is 39.0 Å². The van der Waals surface area contributed by atoms with E-state index in [0.717, 1.165) is 28.2 Å². The summed E-state index contributed by atoms with van der Waals surface area (Å²) in [6.45, 7) is 2.97. The Hall–Kier alpha value is -2.49. The van der Waals surface area contributed by atoms with Crippen molar-refractivity contribution in [2.24, 2.45) is 0 Å². The van der Waals surface area contributed by atoms with E-state index in [1.165, 1.54) is 26.0 Å². The molecule has 0 saturated heterocycles. The molecule has 0 atom stereocenters. The number of aryl methyl sites for hydroxylation is 2. The summed E-state index contributed by atoms with van der Waals surface area (Å²) >= 11 is 6.41. The lowest BCUT2D eigenvalue weighted by Crippen LogP contribution is -2.48. The Kier molecular flexibility index (Phi) is 6.40. The first-order valence-electron chi connectivity index (χ1n) is 11.3. The third kappa shape index (κ3) is 3.97. The summed E-state index contributed by atoms with van der Waals surface area (Å²) in [5.41, 5.74) is -0.902. The molecule has 37 heavy (non-hydrogen) atoms. The molecule has 5 rings (SSSR count). The van der Waals surface area contributed by atoms with Crippen LogP contribution in [0.1, 0.15) is 26.4 Å². The monoisotopic (exact) mass is 566 g/mol. The molecule has 0 nitrogen and oxygen atoms in total. The van der Waals surface area contributed by atoms with E-state index in [0.29, 0.717) is 26.6 Å². The normalized spacial score (nSPS) is 18.0. The molecule has 2 aromatic heterocycles. The number of alkyl halides is 6. The molecule has 0 amide bonds. The first-order chi connectivity index (χ1) is 17.4. The van der Waals surface area contributed by atoms with Crippen molar-refractivity contribution < 1.29 is 26.3 Å². The van der Waals surface area contributed by atoms with Gasteiger partial charge in [0.25, 0.3) is 0 Å². The summed E-state index contributed by atoms with van der Waals surface area (Å²) in [6.07, 6.45) is 0. The average molecular weight is 567 g/mol. The van der Waals surface area contributed by atoms with E-state index < -0.39 is 28.9 Å². The fourth-order valence-electron chi connectivity index (χ4n) is 4.55. The van der Waals surface area contributed by atoms with Crippen molar-refractivity contribution in [3.63, 3.8) is 0 Å². The maximum Gasteiger partial charge on any atom is 0.380 e. The van der Waals surface area contributed by atoms with Crippen LogP contribution >= 0.6 is 35.3 Å². The summed E-state index contributed by atoms with van der Waals surface area (Å²) < 4.78 is 91.1. The zero-order chi connectivity index (χ0) is 26.8. The third-order valence-electron chi connectivity index (χ3n) is 6.52. The van der Waals surface area contributed by atoms with Gasteiger partial charge in [-0.1, -0.05) is 54.6 Å². The largest absolute Gasteiger partial charge is 0.380 e. The van der Waals surface area contributed by atoms with E-state index >= 15 is 17.6 Å². The highest BCUT2D eigenvalue weighted by Gasteiger charge is 2.80. The van der Waals surface area contributed by atoms with E-state index in [1.807, 2.05) is 12.1 Å². The minimum Gasteiger partial charge on any atom is -0.194 e. The number of halogens is 6. The van der Waals surface area contributed by atoms with Gasteiger partial charge >= 0.3 is 17.8 Å². The van der Waals surface area contributed by atoms with E-state index in [-0.39, 0.29) is 20.9 Å². The van der Waals surface area contributed by atoms with Gasteiger partial charge in [0.2, 0.25) is 0 Å².